The molecule has 0 spiro atoms. The highest BCUT2D eigenvalue weighted by molar-refractivity contribution is 6.25. The maximum atomic E-state index is 2.45. The van der Waals surface area contributed by atoms with Gasteiger partial charge in [-0.2, -0.15) is 0 Å². The highest BCUT2D eigenvalue weighted by Crippen LogP contribution is 2.41. The van der Waals surface area contributed by atoms with Gasteiger partial charge in [-0.1, -0.05) is 133 Å². The summed E-state index contributed by atoms with van der Waals surface area (Å²) in [6, 6.07) is 65.4. The van der Waals surface area contributed by atoms with Crippen molar-refractivity contribution in [2.75, 3.05) is 0 Å². The molecule has 10 aromatic rings. The van der Waals surface area contributed by atoms with Gasteiger partial charge in [0.2, 0.25) is 0 Å². The first-order chi connectivity index (χ1) is 25.3. The molecule has 51 heavy (non-hydrogen) atoms. The SMILES string of the molecule is c1cc(-c2ccc3c4ccccc4c4ccccc4c3c2)cc(-c2ccc3c(c2)c2ccccc2n3-c2ccc3c(c2)-c2ccccc2CC3)c1. The van der Waals surface area contributed by atoms with Crippen LogP contribution in [0.2, 0.25) is 0 Å². The molecule has 0 atom stereocenters. The minimum Gasteiger partial charge on any atom is -0.309 e. The van der Waals surface area contributed by atoms with Crippen molar-refractivity contribution in [3.05, 3.63) is 187 Å². The van der Waals surface area contributed by atoms with Crippen LogP contribution in [0.5, 0.6) is 0 Å². The van der Waals surface area contributed by atoms with Crippen molar-refractivity contribution in [3.63, 3.8) is 0 Å². The maximum Gasteiger partial charge on any atom is 0.0541 e. The number of rotatable bonds is 3. The number of benzene rings is 9. The molecule has 0 saturated heterocycles. The molecule has 11 rings (SSSR count). The summed E-state index contributed by atoms with van der Waals surface area (Å²) in [5, 5.41) is 10.4. The Hall–Kier alpha value is -6.44. The number of aromatic nitrogens is 1. The molecule has 0 unspecified atom stereocenters. The predicted octanol–water partition coefficient (Wildman–Crippen LogP) is 13.3. The van der Waals surface area contributed by atoms with Gasteiger partial charge < -0.3 is 4.57 Å². The second-order valence-corrected chi connectivity index (χ2v) is 14.0. The minimum absolute atomic E-state index is 1.09. The molecule has 238 valence electrons. The molecule has 1 aliphatic carbocycles. The van der Waals surface area contributed by atoms with E-state index in [4.69, 9.17) is 0 Å². The largest absolute Gasteiger partial charge is 0.309 e. The van der Waals surface area contributed by atoms with E-state index in [-0.39, 0.29) is 0 Å². The van der Waals surface area contributed by atoms with Gasteiger partial charge in [0.15, 0.2) is 0 Å². The minimum atomic E-state index is 1.09. The van der Waals surface area contributed by atoms with Crippen molar-refractivity contribution in [1.82, 2.24) is 4.57 Å². The Kier molecular flexibility index (Phi) is 6.15. The smallest absolute Gasteiger partial charge is 0.0541 e. The van der Waals surface area contributed by atoms with Crippen molar-refractivity contribution >= 4 is 54.1 Å². The number of hydrogen-bond donors (Lipinski definition) is 0. The van der Waals surface area contributed by atoms with Crippen LogP contribution in [0.15, 0.2) is 176 Å². The summed E-state index contributed by atoms with van der Waals surface area (Å²) < 4.78 is 2.45. The molecule has 1 heteroatoms. The van der Waals surface area contributed by atoms with E-state index in [1.807, 2.05) is 0 Å². The third-order valence-corrected chi connectivity index (χ3v) is 11.3. The Labute approximate surface area is 296 Å². The Bertz CT molecular complexity index is 3000. The Morgan fingerprint density at radius 3 is 1.57 bits per heavy atom. The summed E-state index contributed by atoms with van der Waals surface area (Å²) in [5.74, 6) is 0. The molecule has 0 bridgehead atoms. The van der Waals surface area contributed by atoms with Gasteiger partial charge >= 0.3 is 0 Å². The van der Waals surface area contributed by atoms with Gasteiger partial charge in [0.25, 0.3) is 0 Å². The standard InChI is InChI=1S/C50H33N/c1-2-13-39-32(10-1)20-21-33-22-25-38(31-46(33)39)51-49-19-8-7-18-45(49)48-30-37(24-27-50(48)51)35-12-9-11-34(28-35)36-23-26-44-42-16-4-3-14-40(42)41-15-5-6-17-43(41)47(44)29-36/h1-19,22-31H,20-21H2. The van der Waals surface area contributed by atoms with E-state index in [9.17, 15) is 0 Å². The monoisotopic (exact) mass is 647 g/mol. The van der Waals surface area contributed by atoms with E-state index in [2.05, 4.69) is 180 Å². The van der Waals surface area contributed by atoms with Crippen LogP contribution in [0.3, 0.4) is 0 Å². The number of aryl methyl sites for hydroxylation is 2. The normalized spacial score (nSPS) is 12.5. The molecule has 0 aliphatic heterocycles. The first-order valence-corrected chi connectivity index (χ1v) is 18.0. The van der Waals surface area contributed by atoms with Gasteiger partial charge in [0, 0.05) is 16.5 Å². The topological polar surface area (TPSA) is 4.93 Å². The van der Waals surface area contributed by atoms with Crippen LogP contribution in [0.1, 0.15) is 11.1 Å². The zero-order valence-corrected chi connectivity index (χ0v) is 28.1. The first-order valence-electron chi connectivity index (χ1n) is 18.0. The zero-order chi connectivity index (χ0) is 33.5. The molecule has 0 N–H and O–H groups in total. The first kappa shape index (κ1) is 28.4. The number of para-hydroxylation sites is 1. The van der Waals surface area contributed by atoms with Crippen molar-refractivity contribution < 1.29 is 0 Å². The van der Waals surface area contributed by atoms with Gasteiger partial charge in [-0.25, -0.2) is 0 Å². The quantitative estimate of drug-likeness (QED) is 0.168. The second kappa shape index (κ2) is 11.0. The Morgan fingerprint density at radius 2 is 0.824 bits per heavy atom. The number of hydrogen-bond acceptors (Lipinski definition) is 0. The molecule has 0 saturated carbocycles. The van der Waals surface area contributed by atoms with E-state index in [1.165, 1.54) is 104 Å². The van der Waals surface area contributed by atoms with E-state index in [0.29, 0.717) is 0 Å². The van der Waals surface area contributed by atoms with E-state index >= 15 is 0 Å². The second-order valence-electron chi connectivity index (χ2n) is 14.0. The number of nitrogens with zero attached hydrogens (tertiary/aromatic N) is 1. The van der Waals surface area contributed by atoms with Gasteiger partial charge in [0.05, 0.1) is 11.0 Å². The van der Waals surface area contributed by atoms with Crippen molar-refractivity contribution in [2.24, 2.45) is 0 Å². The molecule has 1 nitrogen and oxygen atoms in total. The molecule has 1 heterocycles. The Balaban J connectivity index is 1.04. The third kappa shape index (κ3) is 4.35. The fraction of sp³-hybridized carbons (Fsp3) is 0.0400. The van der Waals surface area contributed by atoms with Gasteiger partial charge in [-0.3, -0.25) is 0 Å². The fourth-order valence-electron chi connectivity index (χ4n) is 8.84. The summed E-state index contributed by atoms with van der Waals surface area (Å²) in [4.78, 5) is 0. The van der Waals surface area contributed by atoms with Crippen LogP contribution in [0.25, 0.3) is 93.2 Å². The fourth-order valence-corrected chi connectivity index (χ4v) is 8.84. The van der Waals surface area contributed by atoms with Crippen molar-refractivity contribution in [2.45, 2.75) is 12.8 Å². The van der Waals surface area contributed by atoms with Gasteiger partial charge in [-0.15, -0.1) is 0 Å². The average molecular weight is 648 g/mol. The molecule has 9 aromatic carbocycles. The lowest BCUT2D eigenvalue weighted by atomic mass is 9.85. The van der Waals surface area contributed by atoms with Crippen molar-refractivity contribution in [1.29, 1.82) is 0 Å². The lowest BCUT2D eigenvalue weighted by Crippen LogP contribution is -2.05. The molecule has 0 amide bonds. The summed E-state index contributed by atoms with van der Waals surface area (Å²) in [7, 11) is 0. The molecular weight excluding hydrogens is 615 g/mol. The maximum absolute atomic E-state index is 2.45. The average Bonchev–Trinajstić information content (AvgIpc) is 3.54. The Morgan fingerprint density at radius 1 is 0.294 bits per heavy atom. The van der Waals surface area contributed by atoms with Crippen molar-refractivity contribution in [3.8, 4) is 39.1 Å². The van der Waals surface area contributed by atoms with Crippen LogP contribution in [-0.4, -0.2) is 4.57 Å². The summed E-state index contributed by atoms with van der Waals surface area (Å²) in [5.41, 5.74) is 14.2. The summed E-state index contributed by atoms with van der Waals surface area (Å²) in [6.07, 6.45) is 2.20. The molecule has 1 aromatic heterocycles. The van der Waals surface area contributed by atoms with Crippen LogP contribution < -0.4 is 0 Å². The summed E-state index contributed by atoms with van der Waals surface area (Å²) >= 11 is 0. The molecule has 1 aliphatic rings. The highest BCUT2D eigenvalue weighted by Gasteiger charge is 2.19. The van der Waals surface area contributed by atoms with Gasteiger partial charge in [0.1, 0.15) is 0 Å². The van der Waals surface area contributed by atoms with Gasteiger partial charge in [-0.05, 0) is 132 Å². The third-order valence-electron chi connectivity index (χ3n) is 11.3. The molecular formula is C50H33N. The van der Waals surface area contributed by atoms with E-state index < -0.39 is 0 Å². The lowest BCUT2D eigenvalue weighted by molar-refractivity contribution is 0.940. The molecule has 0 fully saturated rings. The van der Waals surface area contributed by atoms with Crippen LogP contribution >= 0.6 is 0 Å². The van der Waals surface area contributed by atoms with E-state index in [1.54, 1.807) is 0 Å². The zero-order valence-electron chi connectivity index (χ0n) is 28.1. The lowest BCUT2D eigenvalue weighted by Gasteiger charge is -2.21. The van der Waals surface area contributed by atoms with Crippen LogP contribution in [0.4, 0.5) is 0 Å². The van der Waals surface area contributed by atoms with E-state index in [0.717, 1.165) is 12.8 Å². The summed E-state index contributed by atoms with van der Waals surface area (Å²) in [6.45, 7) is 0. The van der Waals surface area contributed by atoms with Crippen LogP contribution in [0, 0.1) is 0 Å². The molecule has 0 radical (unpaired) electrons. The van der Waals surface area contributed by atoms with Crippen LogP contribution in [-0.2, 0) is 12.8 Å². The number of fused-ring (bicyclic) bond motifs is 12. The predicted molar refractivity (Wildman–Crippen MR) is 217 cm³/mol. The highest BCUT2D eigenvalue weighted by atomic mass is 15.0.